The number of rotatable bonds is 4. The van der Waals surface area contributed by atoms with Crippen molar-refractivity contribution in [1.82, 2.24) is 0 Å². The molecule has 0 fully saturated rings. The summed E-state index contributed by atoms with van der Waals surface area (Å²) < 4.78 is 18.3. The highest BCUT2D eigenvalue weighted by Gasteiger charge is 2.14. The lowest BCUT2D eigenvalue weighted by Crippen LogP contribution is -2.30. The van der Waals surface area contributed by atoms with Crippen molar-refractivity contribution in [1.29, 1.82) is 0 Å². The van der Waals surface area contributed by atoms with Gasteiger partial charge in [0.1, 0.15) is 11.6 Å². The Bertz CT molecular complexity index is 596. The molecule has 0 unspecified atom stereocenters. The maximum absolute atomic E-state index is 12.8. The van der Waals surface area contributed by atoms with Gasteiger partial charge in [0.2, 0.25) is 0 Å². The quantitative estimate of drug-likeness (QED) is 0.925. The van der Waals surface area contributed by atoms with Crippen LogP contribution in [0.1, 0.15) is 12.5 Å². The van der Waals surface area contributed by atoms with Gasteiger partial charge in [-0.2, -0.15) is 0 Å². The van der Waals surface area contributed by atoms with E-state index in [0.717, 1.165) is 5.56 Å². The molecule has 2 aromatic carbocycles. The number of ether oxygens (including phenoxy) is 1. The van der Waals surface area contributed by atoms with Gasteiger partial charge in [-0.15, -0.1) is 0 Å². The van der Waals surface area contributed by atoms with Crippen molar-refractivity contribution in [3.63, 3.8) is 0 Å². The number of hydrogen-bond acceptors (Lipinski definition) is 2. The predicted molar refractivity (Wildman–Crippen MR) is 76.3 cm³/mol. The molecule has 0 aromatic heterocycles. The number of anilines is 1. The third kappa shape index (κ3) is 3.82. The smallest absolute Gasteiger partial charge is 0.265 e. The molecule has 0 radical (unpaired) electrons. The number of aryl methyl sites for hydroxylation is 1. The number of amides is 1. The Morgan fingerprint density at radius 2 is 1.90 bits per heavy atom. The van der Waals surface area contributed by atoms with Crippen LogP contribution in [-0.4, -0.2) is 12.0 Å². The number of benzene rings is 2. The van der Waals surface area contributed by atoms with Gasteiger partial charge < -0.3 is 10.1 Å². The van der Waals surface area contributed by atoms with Crippen LogP contribution in [0.4, 0.5) is 10.1 Å². The second kappa shape index (κ2) is 6.19. The number of halogens is 1. The highest BCUT2D eigenvalue weighted by molar-refractivity contribution is 5.94. The molecule has 1 atom stereocenters. The lowest BCUT2D eigenvalue weighted by molar-refractivity contribution is -0.122. The third-order valence-corrected chi connectivity index (χ3v) is 2.78. The second-order valence-corrected chi connectivity index (χ2v) is 4.57. The molecule has 0 spiro atoms. The van der Waals surface area contributed by atoms with Crippen molar-refractivity contribution in [2.24, 2.45) is 0 Å². The molecular weight excluding hydrogens is 257 g/mol. The van der Waals surface area contributed by atoms with Gasteiger partial charge in [-0.1, -0.05) is 12.1 Å². The summed E-state index contributed by atoms with van der Waals surface area (Å²) in [6.45, 7) is 3.62. The topological polar surface area (TPSA) is 38.3 Å². The molecule has 20 heavy (non-hydrogen) atoms. The SMILES string of the molecule is Cc1cccc(O[C@H](C)C(=O)Nc2ccc(F)cc2)c1. The molecule has 104 valence electrons. The normalized spacial score (nSPS) is 11.8. The maximum atomic E-state index is 12.8. The zero-order valence-electron chi connectivity index (χ0n) is 11.4. The summed E-state index contributed by atoms with van der Waals surface area (Å²) in [5.41, 5.74) is 1.60. The van der Waals surface area contributed by atoms with Crippen molar-refractivity contribution in [2.75, 3.05) is 5.32 Å². The van der Waals surface area contributed by atoms with Gasteiger partial charge in [-0.25, -0.2) is 4.39 Å². The minimum Gasteiger partial charge on any atom is -0.481 e. The third-order valence-electron chi connectivity index (χ3n) is 2.78. The van der Waals surface area contributed by atoms with Gasteiger partial charge in [0.25, 0.3) is 5.91 Å². The minimum atomic E-state index is -0.637. The van der Waals surface area contributed by atoms with Crippen LogP contribution in [-0.2, 0) is 4.79 Å². The Hall–Kier alpha value is -2.36. The molecular formula is C16H16FNO2. The van der Waals surface area contributed by atoms with E-state index in [1.807, 2.05) is 25.1 Å². The van der Waals surface area contributed by atoms with Crippen LogP contribution in [0.5, 0.6) is 5.75 Å². The van der Waals surface area contributed by atoms with Gasteiger partial charge >= 0.3 is 0 Å². The Kier molecular flexibility index (Phi) is 4.35. The van der Waals surface area contributed by atoms with Crippen LogP contribution in [0.15, 0.2) is 48.5 Å². The fourth-order valence-electron chi connectivity index (χ4n) is 1.72. The molecule has 2 rings (SSSR count). The minimum absolute atomic E-state index is 0.280. The lowest BCUT2D eigenvalue weighted by atomic mass is 10.2. The Labute approximate surface area is 117 Å². The molecule has 4 heteroatoms. The van der Waals surface area contributed by atoms with Crippen LogP contribution < -0.4 is 10.1 Å². The fourth-order valence-corrected chi connectivity index (χ4v) is 1.72. The number of carbonyl (C=O) groups excluding carboxylic acids is 1. The highest BCUT2D eigenvalue weighted by atomic mass is 19.1. The lowest BCUT2D eigenvalue weighted by Gasteiger charge is -2.15. The van der Waals surface area contributed by atoms with Crippen molar-refractivity contribution in [3.8, 4) is 5.75 Å². The summed E-state index contributed by atoms with van der Waals surface area (Å²) in [6, 6.07) is 13.1. The largest absolute Gasteiger partial charge is 0.481 e. The monoisotopic (exact) mass is 273 g/mol. The van der Waals surface area contributed by atoms with Crippen LogP contribution >= 0.6 is 0 Å². The van der Waals surface area contributed by atoms with Crippen LogP contribution in [0.3, 0.4) is 0 Å². The molecule has 3 nitrogen and oxygen atoms in total. The molecule has 0 heterocycles. The van der Waals surface area contributed by atoms with Crippen molar-refractivity contribution in [3.05, 3.63) is 59.9 Å². The van der Waals surface area contributed by atoms with Gasteiger partial charge in [0.05, 0.1) is 0 Å². The summed E-state index contributed by atoms with van der Waals surface area (Å²) in [4.78, 5) is 12.0. The maximum Gasteiger partial charge on any atom is 0.265 e. The summed E-state index contributed by atoms with van der Waals surface area (Å²) in [7, 11) is 0. The van der Waals surface area contributed by atoms with E-state index >= 15 is 0 Å². The first kappa shape index (κ1) is 14.1. The summed E-state index contributed by atoms with van der Waals surface area (Å²) in [5.74, 6) is 0.0249. The Balaban J connectivity index is 1.96. The summed E-state index contributed by atoms with van der Waals surface area (Å²) >= 11 is 0. The number of hydrogen-bond donors (Lipinski definition) is 1. The Morgan fingerprint density at radius 3 is 2.55 bits per heavy atom. The predicted octanol–water partition coefficient (Wildman–Crippen LogP) is 3.54. The van der Waals surface area contributed by atoms with Gasteiger partial charge in [-0.05, 0) is 55.8 Å². The molecule has 1 amide bonds. The number of nitrogens with one attached hydrogen (secondary N) is 1. The highest BCUT2D eigenvalue weighted by Crippen LogP contribution is 2.15. The molecule has 1 N–H and O–H groups in total. The molecule has 0 aliphatic rings. The van der Waals surface area contributed by atoms with Gasteiger partial charge in [0, 0.05) is 5.69 Å². The van der Waals surface area contributed by atoms with Crippen molar-refractivity contribution >= 4 is 11.6 Å². The second-order valence-electron chi connectivity index (χ2n) is 4.57. The van der Waals surface area contributed by atoms with Gasteiger partial charge in [0.15, 0.2) is 6.10 Å². The van der Waals surface area contributed by atoms with E-state index in [1.54, 1.807) is 13.0 Å². The van der Waals surface area contributed by atoms with Crippen LogP contribution in [0, 0.1) is 12.7 Å². The van der Waals surface area contributed by atoms with Crippen molar-refractivity contribution in [2.45, 2.75) is 20.0 Å². The fraction of sp³-hybridized carbons (Fsp3) is 0.188. The zero-order chi connectivity index (χ0) is 14.5. The van der Waals surface area contributed by atoms with E-state index in [2.05, 4.69) is 5.32 Å². The van der Waals surface area contributed by atoms with E-state index < -0.39 is 6.10 Å². The number of carbonyl (C=O) groups is 1. The van der Waals surface area contributed by atoms with Crippen molar-refractivity contribution < 1.29 is 13.9 Å². The van der Waals surface area contributed by atoms with E-state index in [4.69, 9.17) is 4.74 Å². The molecule has 0 bridgehead atoms. The average Bonchev–Trinajstić information content (AvgIpc) is 2.41. The standard InChI is InChI=1S/C16H16FNO2/c1-11-4-3-5-15(10-11)20-12(2)16(19)18-14-8-6-13(17)7-9-14/h3-10,12H,1-2H3,(H,18,19)/t12-/m1/s1. The zero-order valence-corrected chi connectivity index (χ0v) is 11.4. The van der Waals surface area contributed by atoms with E-state index in [1.165, 1.54) is 24.3 Å². The van der Waals surface area contributed by atoms with Gasteiger partial charge in [-0.3, -0.25) is 4.79 Å². The van der Waals surface area contributed by atoms with E-state index in [-0.39, 0.29) is 11.7 Å². The van der Waals surface area contributed by atoms with E-state index in [0.29, 0.717) is 11.4 Å². The molecule has 2 aromatic rings. The summed E-state index contributed by atoms with van der Waals surface area (Å²) in [6.07, 6.45) is -0.637. The van der Waals surface area contributed by atoms with E-state index in [9.17, 15) is 9.18 Å². The first-order valence-corrected chi connectivity index (χ1v) is 6.34. The summed E-state index contributed by atoms with van der Waals surface area (Å²) in [5, 5.41) is 2.67. The first-order valence-electron chi connectivity index (χ1n) is 6.34. The molecule has 0 aliphatic carbocycles. The Morgan fingerprint density at radius 1 is 1.20 bits per heavy atom. The van der Waals surface area contributed by atoms with Crippen LogP contribution in [0.2, 0.25) is 0 Å². The average molecular weight is 273 g/mol. The molecule has 0 saturated heterocycles. The first-order chi connectivity index (χ1) is 9.54. The molecule has 0 saturated carbocycles. The molecule has 0 aliphatic heterocycles. The van der Waals surface area contributed by atoms with Crippen LogP contribution in [0.25, 0.3) is 0 Å².